The number of amides is 1. The summed E-state index contributed by atoms with van der Waals surface area (Å²) in [4.78, 5) is 13.4. The highest BCUT2D eigenvalue weighted by Gasteiger charge is 2.19. The fraction of sp³-hybridized carbons (Fsp3) is 0.727. The van der Waals surface area contributed by atoms with Gasteiger partial charge >= 0.3 is 0 Å². The zero-order valence-electron chi connectivity index (χ0n) is 8.62. The first-order valence-electron chi connectivity index (χ1n) is 5.15. The number of nitrogens with zero attached hydrogens (tertiary/aromatic N) is 1. The van der Waals surface area contributed by atoms with Gasteiger partial charge in [0.2, 0.25) is 5.91 Å². The van der Waals surface area contributed by atoms with Gasteiger partial charge in [-0.25, -0.2) is 0 Å². The fourth-order valence-corrected chi connectivity index (χ4v) is 1.91. The minimum atomic E-state index is 0.148. The molecule has 2 nitrogen and oxygen atoms in total. The van der Waals surface area contributed by atoms with Crippen LogP contribution in [-0.4, -0.2) is 23.9 Å². The minimum absolute atomic E-state index is 0.148. The van der Waals surface area contributed by atoms with E-state index in [1.807, 2.05) is 24.9 Å². The summed E-state index contributed by atoms with van der Waals surface area (Å²) in [5, 5.41) is 0. The van der Waals surface area contributed by atoms with Crippen molar-refractivity contribution in [2.75, 3.05) is 7.05 Å². The number of allylic oxidation sites excluding steroid dienone is 1. The maximum atomic E-state index is 11.5. The molecule has 1 aliphatic rings. The predicted octanol–water partition coefficient (Wildman–Crippen LogP) is 2.35. The Bertz CT molecular complexity index is 192. The molecule has 1 aliphatic carbocycles. The minimum Gasteiger partial charge on any atom is -0.339 e. The second-order valence-electron chi connectivity index (χ2n) is 3.74. The van der Waals surface area contributed by atoms with Crippen molar-refractivity contribution in [3.63, 3.8) is 0 Å². The van der Waals surface area contributed by atoms with Gasteiger partial charge < -0.3 is 4.90 Å². The van der Waals surface area contributed by atoms with E-state index in [2.05, 4.69) is 0 Å². The molecule has 0 bridgehead atoms. The molecule has 0 aromatic carbocycles. The quantitative estimate of drug-likeness (QED) is 0.599. The van der Waals surface area contributed by atoms with E-state index < -0.39 is 0 Å². The van der Waals surface area contributed by atoms with E-state index in [9.17, 15) is 4.79 Å². The Morgan fingerprint density at radius 3 is 2.46 bits per heavy atom. The highest BCUT2D eigenvalue weighted by Crippen LogP contribution is 2.21. The molecular formula is C11H19NO. The molecule has 1 fully saturated rings. The van der Waals surface area contributed by atoms with Crippen molar-refractivity contribution < 1.29 is 4.79 Å². The molecule has 1 saturated carbocycles. The molecule has 0 aromatic heterocycles. The molecule has 0 radical (unpaired) electrons. The van der Waals surface area contributed by atoms with E-state index in [1.54, 1.807) is 6.08 Å². The Kier molecular flexibility index (Phi) is 4.00. The first kappa shape index (κ1) is 10.3. The van der Waals surface area contributed by atoms with Crippen LogP contribution in [0.25, 0.3) is 0 Å². The predicted molar refractivity (Wildman–Crippen MR) is 54.5 cm³/mol. The van der Waals surface area contributed by atoms with Gasteiger partial charge in [0, 0.05) is 13.1 Å². The first-order valence-corrected chi connectivity index (χ1v) is 5.15. The molecule has 0 aromatic rings. The van der Waals surface area contributed by atoms with Gasteiger partial charge in [0.05, 0.1) is 0 Å². The molecule has 1 amide bonds. The lowest BCUT2D eigenvalue weighted by Crippen LogP contribution is -2.37. The van der Waals surface area contributed by atoms with Crippen molar-refractivity contribution in [2.45, 2.75) is 45.1 Å². The van der Waals surface area contributed by atoms with E-state index in [4.69, 9.17) is 0 Å². The Morgan fingerprint density at radius 2 is 1.92 bits per heavy atom. The molecule has 0 saturated heterocycles. The van der Waals surface area contributed by atoms with Crippen molar-refractivity contribution in [3.8, 4) is 0 Å². The van der Waals surface area contributed by atoms with Crippen molar-refractivity contribution in [2.24, 2.45) is 0 Å². The van der Waals surface area contributed by atoms with Crippen molar-refractivity contribution in [1.82, 2.24) is 4.90 Å². The number of rotatable bonds is 2. The van der Waals surface area contributed by atoms with Crippen LogP contribution in [-0.2, 0) is 4.79 Å². The molecular weight excluding hydrogens is 162 g/mol. The summed E-state index contributed by atoms with van der Waals surface area (Å²) in [5.74, 6) is 0.148. The summed E-state index contributed by atoms with van der Waals surface area (Å²) in [6, 6.07) is 0.484. The molecule has 1 rings (SSSR count). The molecule has 0 atom stereocenters. The molecule has 0 N–H and O–H groups in total. The van der Waals surface area contributed by atoms with Crippen LogP contribution in [0.3, 0.4) is 0 Å². The van der Waals surface area contributed by atoms with Crippen LogP contribution < -0.4 is 0 Å². The Labute approximate surface area is 80.6 Å². The summed E-state index contributed by atoms with van der Waals surface area (Å²) in [5.41, 5.74) is 0. The van der Waals surface area contributed by atoms with E-state index in [0.29, 0.717) is 6.04 Å². The van der Waals surface area contributed by atoms with Crippen LogP contribution in [0.2, 0.25) is 0 Å². The summed E-state index contributed by atoms with van der Waals surface area (Å²) < 4.78 is 0. The Hall–Kier alpha value is -0.790. The van der Waals surface area contributed by atoms with Crippen molar-refractivity contribution in [3.05, 3.63) is 12.2 Å². The van der Waals surface area contributed by atoms with Gasteiger partial charge in [-0.05, 0) is 25.8 Å². The normalized spacial score (nSPS) is 19.2. The second-order valence-corrected chi connectivity index (χ2v) is 3.74. The van der Waals surface area contributed by atoms with Crippen LogP contribution in [0, 0.1) is 0 Å². The monoisotopic (exact) mass is 181 g/mol. The maximum Gasteiger partial charge on any atom is 0.246 e. The third-order valence-electron chi connectivity index (χ3n) is 2.78. The van der Waals surface area contributed by atoms with Crippen LogP contribution in [0.5, 0.6) is 0 Å². The summed E-state index contributed by atoms with van der Waals surface area (Å²) in [7, 11) is 1.92. The van der Waals surface area contributed by atoms with E-state index in [1.165, 1.54) is 32.1 Å². The molecule has 2 heteroatoms. The van der Waals surface area contributed by atoms with E-state index in [0.717, 1.165) is 0 Å². The number of carbonyl (C=O) groups is 1. The molecule has 0 spiro atoms. The van der Waals surface area contributed by atoms with Gasteiger partial charge in [-0.15, -0.1) is 0 Å². The summed E-state index contributed by atoms with van der Waals surface area (Å²) >= 11 is 0. The number of likely N-dealkylation sites (N-methyl/N-ethyl adjacent to an activating group) is 1. The van der Waals surface area contributed by atoms with Gasteiger partial charge in [-0.1, -0.05) is 25.3 Å². The topological polar surface area (TPSA) is 20.3 Å². The maximum absolute atomic E-state index is 11.5. The average molecular weight is 181 g/mol. The van der Waals surface area contributed by atoms with Gasteiger partial charge in [-0.3, -0.25) is 4.79 Å². The molecule has 0 unspecified atom stereocenters. The summed E-state index contributed by atoms with van der Waals surface area (Å²) in [6.07, 6.45) is 9.70. The largest absolute Gasteiger partial charge is 0.339 e. The number of hydrogen-bond acceptors (Lipinski definition) is 1. The third-order valence-corrected chi connectivity index (χ3v) is 2.78. The standard InChI is InChI=1S/C11H19NO/c1-3-7-11(13)12(2)10-8-5-4-6-9-10/h3,7,10H,4-6,8-9H2,1-2H3/b7-3+. The highest BCUT2D eigenvalue weighted by molar-refractivity contribution is 5.87. The average Bonchev–Trinajstić information content (AvgIpc) is 2.18. The first-order chi connectivity index (χ1) is 6.25. The zero-order valence-corrected chi connectivity index (χ0v) is 8.62. The lowest BCUT2D eigenvalue weighted by atomic mass is 9.94. The number of hydrogen-bond donors (Lipinski definition) is 0. The van der Waals surface area contributed by atoms with E-state index >= 15 is 0 Å². The molecule has 0 aliphatic heterocycles. The lowest BCUT2D eigenvalue weighted by molar-refractivity contribution is -0.127. The van der Waals surface area contributed by atoms with Gasteiger partial charge in [0.15, 0.2) is 0 Å². The lowest BCUT2D eigenvalue weighted by Gasteiger charge is -2.30. The van der Waals surface area contributed by atoms with Crippen LogP contribution in [0.15, 0.2) is 12.2 Å². The van der Waals surface area contributed by atoms with E-state index in [-0.39, 0.29) is 5.91 Å². The second kappa shape index (κ2) is 5.05. The van der Waals surface area contributed by atoms with Gasteiger partial charge in [-0.2, -0.15) is 0 Å². The third kappa shape index (κ3) is 2.87. The SMILES string of the molecule is C/C=C/C(=O)N(C)C1CCCCC1. The smallest absolute Gasteiger partial charge is 0.246 e. The molecule has 0 heterocycles. The van der Waals surface area contributed by atoms with Crippen molar-refractivity contribution in [1.29, 1.82) is 0 Å². The summed E-state index contributed by atoms with van der Waals surface area (Å²) in [6.45, 7) is 1.88. The van der Waals surface area contributed by atoms with Crippen LogP contribution >= 0.6 is 0 Å². The van der Waals surface area contributed by atoms with Gasteiger partial charge in [0.1, 0.15) is 0 Å². The zero-order chi connectivity index (χ0) is 9.68. The fourth-order valence-electron chi connectivity index (χ4n) is 1.91. The van der Waals surface area contributed by atoms with Gasteiger partial charge in [0.25, 0.3) is 0 Å². The van der Waals surface area contributed by atoms with Crippen LogP contribution in [0.1, 0.15) is 39.0 Å². The highest BCUT2D eigenvalue weighted by atomic mass is 16.2. The number of carbonyl (C=O) groups excluding carboxylic acids is 1. The van der Waals surface area contributed by atoms with Crippen LogP contribution in [0.4, 0.5) is 0 Å². The van der Waals surface area contributed by atoms with Crippen molar-refractivity contribution >= 4 is 5.91 Å². The Morgan fingerprint density at radius 1 is 1.31 bits per heavy atom. The molecule has 13 heavy (non-hydrogen) atoms. The Balaban J connectivity index is 2.44. The molecule has 74 valence electrons.